The molecule has 7 heteroatoms. The standard InChI is InChI=1S/C14H22N2O4S/c1-15-21(18,19)13-9-7-12(8-10-13)16-11-5-3-4-6-14(17)20-2/h7-10,15-16H,3-6,11H2,1-2H3. The van der Waals surface area contributed by atoms with Crippen LogP contribution in [-0.4, -0.2) is 35.1 Å². The van der Waals surface area contributed by atoms with Gasteiger partial charge >= 0.3 is 5.97 Å². The van der Waals surface area contributed by atoms with Crippen LogP contribution in [0.25, 0.3) is 0 Å². The Morgan fingerprint density at radius 1 is 1.14 bits per heavy atom. The molecule has 0 unspecified atom stereocenters. The molecule has 1 aromatic rings. The Morgan fingerprint density at radius 2 is 1.81 bits per heavy atom. The van der Waals surface area contributed by atoms with Gasteiger partial charge in [0.15, 0.2) is 0 Å². The zero-order valence-electron chi connectivity index (χ0n) is 12.4. The highest BCUT2D eigenvalue weighted by Crippen LogP contribution is 2.14. The first-order chi connectivity index (χ1) is 9.99. The first-order valence-electron chi connectivity index (χ1n) is 6.84. The molecule has 1 rings (SSSR count). The average molecular weight is 314 g/mol. The summed E-state index contributed by atoms with van der Waals surface area (Å²) in [5, 5.41) is 3.21. The molecule has 0 saturated carbocycles. The van der Waals surface area contributed by atoms with Crippen molar-refractivity contribution in [1.29, 1.82) is 0 Å². The fourth-order valence-corrected chi connectivity index (χ4v) is 2.51. The van der Waals surface area contributed by atoms with E-state index in [2.05, 4.69) is 14.8 Å². The van der Waals surface area contributed by atoms with Gasteiger partial charge in [-0.25, -0.2) is 13.1 Å². The molecule has 2 N–H and O–H groups in total. The van der Waals surface area contributed by atoms with Crippen molar-refractivity contribution >= 4 is 21.7 Å². The van der Waals surface area contributed by atoms with Crippen molar-refractivity contribution < 1.29 is 17.9 Å². The quantitative estimate of drug-likeness (QED) is 0.536. The van der Waals surface area contributed by atoms with Gasteiger partial charge in [0.05, 0.1) is 12.0 Å². The van der Waals surface area contributed by atoms with E-state index in [9.17, 15) is 13.2 Å². The van der Waals surface area contributed by atoms with E-state index in [-0.39, 0.29) is 10.9 Å². The number of methoxy groups -OCH3 is 1. The molecule has 0 aromatic heterocycles. The van der Waals surface area contributed by atoms with Gasteiger partial charge in [-0.15, -0.1) is 0 Å². The Kier molecular flexibility index (Phi) is 7.18. The third-order valence-electron chi connectivity index (χ3n) is 3.05. The summed E-state index contributed by atoms with van der Waals surface area (Å²) in [6.07, 6.45) is 3.14. The van der Waals surface area contributed by atoms with Gasteiger partial charge in [0.2, 0.25) is 10.0 Å². The lowest BCUT2D eigenvalue weighted by molar-refractivity contribution is -0.140. The number of rotatable bonds is 9. The summed E-state index contributed by atoms with van der Waals surface area (Å²) < 4.78 is 29.9. The second-order valence-corrected chi connectivity index (χ2v) is 6.43. The second kappa shape index (κ2) is 8.63. The van der Waals surface area contributed by atoms with Gasteiger partial charge < -0.3 is 10.1 Å². The molecule has 1 aromatic carbocycles. The van der Waals surface area contributed by atoms with Crippen LogP contribution in [0, 0.1) is 0 Å². The van der Waals surface area contributed by atoms with Crippen LogP contribution < -0.4 is 10.0 Å². The molecule has 0 aliphatic heterocycles. The van der Waals surface area contributed by atoms with Crippen LogP contribution in [0.1, 0.15) is 25.7 Å². The summed E-state index contributed by atoms with van der Waals surface area (Å²) >= 11 is 0. The van der Waals surface area contributed by atoms with Crippen molar-refractivity contribution in [2.45, 2.75) is 30.6 Å². The number of hydrogen-bond donors (Lipinski definition) is 2. The Balaban J connectivity index is 2.29. The average Bonchev–Trinajstić information content (AvgIpc) is 2.50. The number of hydrogen-bond acceptors (Lipinski definition) is 5. The summed E-state index contributed by atoms with van der Waals surface area (Å²) in [6, 6.07) is 6.59. The lowest BCUT2D eigenvalue weighted by atomic mass is 10.2. The van der Waals surface area contributed by atoms with Crippen LogP contribution in [0.3, 0.4) is 0 Å². The zero-order chi connectivity index (χ0) is 15.7. The zero-order valence-corrected chi connectivity index (χ0v) is 13.2. The molecule has 118 valence electrons. The van der Waals surface area contributed by atoms with Gasteiger partial charge in [-0.05, 0) is 44.2 Å². The summed E-state index contributed by atoms with van der Waals surface area (Å²) in [5.74, 6) is -0.177. The van der Waals surface area contributed by atoms with Crippen molar-refractivity contribution in [2.75, 3.05) is 26.0 Å². The van der Waals surface area contributed by atoms with Gasteiger partial charge in [0, 0.05) is 18.7 Å². The molecule has 21 heavy (non-hydrogen) atoms. The third-order valence-corrected chi connectivity index (χ3v) is 4.48. The van der Waals surface area contributed by atoms with Crippen molar-refractivity contribution in [3.63, 3.8) is 0 Å². The first kappa shape index (κ1) is 17.5. The van der Waals surface area contributed by atoms with E-state index in [1.165, 1.54) is 14.2 Å². The summed E-state index contributed by atoms with van der Waals surface area (Å²) in [4.78, 5) is 11.2. The number of nitrogens with one attached hydrogen (secondary N) is 2. The fourth-order valence-electron chi connectivity index (χ4n) is 1.78. The van der Waals surface area contributed by atoms with Crippen LogP contribution in [0.4, 0.5) is 5.69 Å². The SMILES string of the molecule is CNS(=O)(=O)c1ccc(NCCCCCC(=O)OC)cc1. The van der Waals surface area contributed by atoms with Gasteiger partial charge in [-0.2, -0.15) is 0 Å². The van der Waals surface area contributed by atoms with Crippen LogP contribution in [0.5, 0.6) is 0 Å². The molecule has 6 nitrogen and oxygen atoms in total. The van der Waals surface area contributed by atoms with Crippen molar-refractivity contribution in [3.05, 3.63) is 24.3 Å². The molecule has 0 spiro atoms. The maximum atomic E-state index is 11.6. The van der Waals surface area contributed by atoms with Crippen LogP contribution in [-0.2, 0) is 19.6 Å². The summed E-state index contributed by atoms with van der Waals surface area (Å²) in [6.45, 7) is 0.777. The number of sulfonamides is 1. The molecular weight excluding hydrogens is 292 g/mol. The molecule has 0 aliphatic carbocycles. The number of carbonyl (C=O) groups is 1. The van der Waals surface area contributed by atoms with E-state index in [1.54, 1.807) is 24.3 Å². The Hall–Kier alpha value is -1.60. The van der Waals surface area contributed by atoms with E-state index in [1.807, 2.05) is 0 Å². The number of carbonyl (C=O) groups excluding carboxylic acids is 1. The Labute approximate surface area is 125 Å². The van der Waals surface area contributed by atoms with E-state index in [4.69, 9.17) is 0 Å². The number of unbranched alkanes of at least 4 members (excludes halogenated alkanes) is 2. The smallest absolute Gasteiger partial charge is 0.305 e. The number of esters is 1. The minimum Gasteiger partial charge on any atom is -0.469 e. The van der Waals surface area contributed by atoms with Crippen LogP contribution >= 0.6 is 0 Å². The Morgan fingerprint density at radius 3 is 2.38 bits per heavy atom. The molecule has 0 fully saturated rings. The number of anilines is 1. The maximum Gasteiger partial charge on any atom is 0.305 e. The lowest BCUT2D eigenvalue weighted by Crippen LogP contribution is -2.18. The minimum atomic E-state index is -3.38. The fraction of sp³-hybridized carbons (Fsp3) is 0.500. The molecular formula is C14H22N2O4S. The van der Waals surface area contributed by atoms with Crippen molar-refractivity contribution in [1.82, 2.24) is 4.72 Å². The first-order valence-corrected chi connectivity index (χ1v) is 8.32. The number of benzene rings is 1. The van der Waals surface area contributed by atoms with E-state index in [0.29, 0.717) is 6.42 Å². The second-order valence-electron chi connectivity index (χ2n) is 4.55. The normalized spacial score (nSPS) is 11.1. The van der Waals surface area contributed by atoms with E-state index in [0.717, 1.165) is 31.5 Å². The van der Waals surface area contributed by atoms with Crippen molar-refractivity contribution in [3.8, 4) is 0 Å². The predicted octanol–water partition coefficient (Wildman–Crippen LogP) is 1.74. The molecule has 0 atom stereocenters. The minimum absolute atomic E-state index is 0.177. The van der Waals surface area contributed by atoms with Gasteiger partial charge in [-0.3, -0.25) is 4.79 Å². The van der Waals surface area contributed by atoms with E-state index >= 15 is 0 Å². The van der Waals surface area contributed by atoms with Crippen molar-refractivity contribution in [2.24, 2.45) is 0 Å². The maximum absolute atomic E-state index is 11.6. The van der Waals surface area contributed by atoms with Gasteiger partial charge in [0.25, 0.3) is 0 Å². The monoisotopic (exact) mass is 314 g/mol. The van der Waals surface area contributed by atoms with E-state index < -0.39 is 10.0 Å². The molecule has 0 saturated heterocycles. The highest BCUT2D eigenvalue weighted by atomic mass is 32.2. The molecule has 0 radical (unpaired) electrons. The van der Waals surface area contributed by atoms with Gasteiger partial charge in [0.1, 0.15) is 0 Å². The molecule has 0 heterocycles. The van der Waals surface area contributed by atoms with Gasteiger partial charge in [-0.1, -0.05) is 6.42 Å². The largest absolute Gasteiger partial charge is 0.469 e. The topological polar surface area (TPSA) is 84.5 Å². The highest BCUT2D eigenvalue weighted by molar-refractivity contribution is 7.89. The third kappa shape index (κ3) is 6.14. The summed E-state index contributed by atoms with van der Waals surface area (Å²) in [7, 11) is -0.604. The summed E-state index contributed by atoms with van der Waals surface area (Å²) in [5.41, 5.74) is 0.873. The number of ether oxygens (including phenoxy) is 1. The molecule has 0 aliphatic rings. The predicted molar refractivity (Wildman–Crippen MR) is 81.7 cm³/mol. The lowest BCUT2D eigenvalue weighted by Gasteiger charge is -2.07. The molecule has 0 amide bonds. The Bertz CT molecular complexity index is 541. The van der Waals surface area contributed by atoms with Crippen LogP contribution in [0.15, 0.2) is 29.2 Å². The highest BCUT2D eigenvalue weighted by Gasteiger charge is 2.10. The van der Waals surface area contributed by atoms with Crippen LogP contribution in [0.2, 0.25) is 0 Å². The molecule has 0 bridgehead atoms.